The van der Waals surface area contributed by atoms with Gasteiger partial charge in [0.2, 0.25) is 0 Å². The number of carbonyl (C=O) groups excluding carboxylic acids is 1. The lowest BCUT2D eigenvalue weighted by Gasteiger charge is -2.30. The highest BCUT2D eigenvalue weighted by Gasteiger charge is 2.27. The summed E-state index contributed by atoms with van der Waals surface area (Å²) in [5, 5.41) is 3.51. The van der Waals surface area contributed by atoms with Crippen LogP contribution in [0.5, 0.6) is 0 Å². The van der Waals surface area contributed by atoms with Gasteiger partial charge < -0.3 is 5.32 Å². The number of rotatable bonds is 7. The van der Waals surface area contributed by atoms with E-state index in [0.717, 1.165) is 24.6 Å². The molecule has 1 rings (SSSR count). The second-order valence-electron chi connectivity index (χ2n) is 6.45. The third kappa shape index (κ3) is 5.24. The second-order valence-corrected chi connectivity index (χ2v) is 6.45. The first kappa shape index (κ1) is 15.3. The predicted molar refractivity (Wildman–Crippen MR) is 77.4 cm³/mol. The van der Waals surface area contributed by atoms with Crippen LogP contribution < -0.4 is 5.32 Å². The molecular weight excluding hydrogens is 222 g/mol. The summed E-state index contributed by atoms with van der Waals surface area (Å²) in [7, 11) is 0. The average molecular weight is 251 g/mol. The summed E-state index contributed by atoms with van der Waals surface area (Å²) in [5.41, 5.74) is 1.27. The minimum Gasteiger partial charge on any atom is -0.388 e. The molecule has 0 bridgehead atoms. The van der Waals surface area contributed by atoms with Gasteiger partial charge in [0.15, 0.2) is 5.78 Å². The fraction of sp³-hybridized carbons (Fsp3) is 0.812. The summed E-state index contributed by atoms with van der Waals surface area (Å²) in [6.45, 7) is 9.87. The number of ketones is 1. The van der Waals surface area contributed by atoms with Crippen LogP contribution in [0, 0.1) is 11.3 Å². The van der Waals surface area contributed by atoms with Gasteiger partial charge in [0.1, 0.15) is 0 Å². The molecule has 0 amide bonds. The molecule has 1 N–H and O–H groups in total. The van der Waals surface area contributed by atoms with Crippen LogP contribution in [-0.2, 0) is 4.79 Å². The summed E-state index contributed by atoms with van der Waals surface area (Å²) >= 11 is 0. The van der Waals surface area contributed by atoms with E-state index in [9.17, 15) is 4.79 Å². The van der Waals surface area contributed by atoms with Crippen molar-refractivity contribution in [3.8, 4) is 0 Å². The van der Waals surface area contributed by atoms with Crippen molar-refractivity contribution >= 4 is 5.78 Å². The maximum atomic E-state index is 11.7. The Morgan fingerprint density at radius 3 is 2.61 bits per heavy atom. The van der Waals surface area contributed by atoms with Gasteiger partial charge in [-0.1, -0.05) is 47.0 Å². The van der Waals surface area contributed by atoms with Crippen LogP contribution in [0.4, 0.5) is 0 Å². The molecule has 0 heterocycles. The number of unbranched alkanes of at least 4 members (excludes halogenated alkanes) is 1. The van der Waals surface area contributed by atoms with Gasteiger partial charge in [0, 0.05) is 24.7 Å². The molecule has 1 aliphatic rings. The first-order valence-corrected chi connectivity index (χ1v) is 7.44. The van der Waals surface area contributed by atoms with Crippen LogP contribution in [-0.4, -0.2) is 12.3 Å². The van der Waals surface area contributed by atoms with E-state index in [1.54, 1.807) is 0 Å². The summed E-state index contributed by atoms with van der Waals surface area (Å²) in [6, 6.07) is 0. The van der Waals surface area contributed by atoms with Gasteiger partial charge in [-0.25, -0.2) is 0 Å². The smallest absolute Gasteiger partial charge is 0.157 e. The molecule has 0 fully saturated rings. The van der Waals surface area contributed by atoms with Crippen molar-refractivity contribution in [3.63, 3.8) is 0 Å². The van der Waals surface area contributed by atoms with Crippen molar-refractivity contribution in [2.45, 2.75) is 66.2 Å². The highest BCUT2D eigenvalue weighted by molar-refractivity contribution is 5.91. The molecule has 0 saturated heterocycles. The standard InChI is InChI=1S/C16H29NO/c1-5-7-8-13(6-2)12-17-14-9-15(18)11-16(3,4)10-14/h9,13,17H,5-8,10-12H2,1-4H3/t13-/m0/s1. The van der Waals surface area contributed by atoms with Crippen LogP contribution in [0.25, 0.3) is 0 Å². The molecular formula is C16H29NO. The first-order valence-electron chi connectivity index (χ1n) is 7.44. The number of allylic oxidation sites excluding steroid dienone is 2. The van der Waals surface area contributed by atoms with E-state index >= 15 is 0 Å². The second kappa shape index (κ2) is 6.96. The fourth-order valence-electron chi connectivity index (χ4n) is 2.68. The molecule has 0 aromatic carbocycles. The van der Waals surface area contributed by atoms with Gasteiger partial charge in [-0.05, 0) is 24.2 Å². The Hall–Kier alpha value is -0.790. The Morgan fingerprint density at radius 2 is 2.06 bits per heavy atom. The summed E-state index contributed by atoms with van der Waals surface area (Å²) in [5.74, 6) is 1.02. The van der Waals surface area contributed by atoms with Gasteiger partial charge in [-0.2, -0.15) is 0 Å². The normalized spacial score (nSPS) is 20.4. The highest BCUT2D eigenvalue weighted by Crippen LogP contribution is 2.32. The number of hydrogen-bond acceptors (Lipinski definition) is 2. The quantitative estimate of drug-likeness (QED) is 0.739. The Morgan fingerprint density at radius 1 is 1.33 bits per heavy atom. The van der Waals surface area contributed by atoms with E-state index in [-0.39, 0.29) is 11.2 Å². The molecule has 2 nitrogen and oxygen atoms in total. The lowest BCUT2D eigenvalue weighted by Crippen LogP contribution is -2.30. The Bertz CT molecular complexity index is 304. The van der Waals surface area contributed by atoms with Crippen LogP contribution in [0.15, 0.2) is 11.8 Å². The van der Waals surface area contributed by atoms with Gasteiger partial charge in [0.25, 0.3) is 0 Å². The minimum atomic E-state index is 0.124. The molecule has 0 spiro atoms. The lowest BCUT2D eigenvalue weighted by molar-refractivity contribution is -0.117. The predicted octanol–water partition coefficient (Wildman–Crippen LogP) is 4.07. The third-order valence-electron chi connectivity index (χ3n) is 3.82. The third-order valence-corrected chi connectivity index (χ3v) is 3.82. The average Bonchev–Trinajstić information content (AvgIpc) is 2.26. The summed E-state index contributed by atoms with van der Waals surface area (Å²) < 4.78 is 0. The lowest BCUT2D eigenvalue weighted by atomic mass is 9.79. The number of hydrogen-bond donors (Lipinski definition) is 1. The van der Waals surface area contributed by atoms with Crippen molar-refractivity contribution in [1.82, 2.24) is 5.32 Å². The molecule has 0 unspecified atom stereocenters. The topological polar surface area (TPSA) is 29.1 Å². The monoisotopic (exact) mass is 251 g/mol. The van der Waals surface area contributed by atoms with Gasteiger partial charge in [-0.15, -0.1) is 0 Å². The molecule has 0 radical (unpaired) electrons. The summed E-state index contributed by atoms with van der Waals surface area (Å²) in [4.78, 5) is 11.7. The van der Waals surface area contributed by atoms with Gasteiger partial charge in [0.05, 0.1) is 0 Å². The molecule has 18 heavy (non-hydrogen) atoms. The fourth-order valence-corrected chi connectivity index (χ4v) is 2.68. The van der Waals surface area contributed by atoms with Crippen LogP contribution in [0.3, 0.4) is 0 Å². The zero-order chi connectivity index (χ0) is 13.6. The van der Waals surface area contributed by atoms with E-state index in [0.29, 0.717) is 6.42 Å². The zero-order valence-electron chi connectivity index (χ0n) is 12.5. The van der Waals surface area contributed by atoms with E-state index in [1.807, 2.05) is 6.08 Å². The van der Waals surface area contributed by atoms with Crippen molar-refractivity contribution in [1.29, 1.82) is 0 Å². The van der Waals surface area contributed by atoms with E-state index in [2.05, 4.69) is 33.0 Å². The van der Waals surface area contributed by atoms with E-state index in [1.165, 1.54) is 25.7 Å². The van der Waals surface area contributed by atoms with Crippen LogP contribution >= 0.6 is 0 Å². The summed E-state index contributed by atoms with van der Waals surface area (Å²) in [6.07, 6.45) is 8.60. The van der Waals surface area contributed by atoms with Crippen LogP contribution in [0.2, 0.25) is 0 Å². The Labute approximate surface area is 112 Å². The molecule has 0 aromatic rings. The molecule has 0 aromatic heterocycles. The molecule has 104 valence electrons. The Kier molecular flexibility index (Phi) is 5.90. The molecule has 1 aliphatic carbocycles. The molecule has 0 aliphatic heterocycles. The zero-order valence-corrected chi connectivity index (χ0v) is 12.5. The van der Waals surface area contributed by atoms with E-state index in [4.69, 9.17) is 0 Å². The van der Waals surface area contributed by atoms with Crippen molar-refractivity contribution in [2.75, 3.05) is 6.54 Å². The van der Waals surface area contributed by atoms with Crippen molar-refractivity contribution in [2.24, 2.45) is 11.3 Å². The maximum absolute atomic E-state index is 11.7. The number of nitrogens with one attached hydrogen (secondary N) is 1. The molecule has 1 atom stereocenters. The van der Waals surface area contributed by atoms with Gasteiger partial charge in [-0.3, -0.25) is 4.79 Å². The maximum Gasteiger partial charge on any atom is 0.157 e. The molecule has 2 heteroatoms. The number of carbonyl (C=O) groups is 1. The first-order chi connectivity index (χ1) is 8.46. The minimum absolute atomic E-state index is 0.124. The van der Waals surface area contributed by atoms with Crippen molar-refractivity contribution in [3.05, 3.63) is 11.8 Å². The molecule has 0 saturated carbocycles. The van der Waals surface area contributed by atoms with Gasteiger partial charge >= 0.3 is 0 Å². The highest BCUT2D eigenvalue weighted by atomic mass is 16.1. The van der Waals surface area contributed by atoms with Crippen molar-refractivity contribution < 1.29 is 4.79 Å². The van der Waals surface area contributed by atoms with E-state index < -0.39 is 0 Å². The SMILES string of the molecule is CCCC[C@H](CC)CNC1=CC(=O)CC(C)(C)C1. The Balaban J connectivity index is 2.44. The van der Waals surface area contributed by atoms with Crippen LogP contribution in [0.1, 0.15) is 66.2 Å². The largest absolute Gasteiger partial charge is 0.388 e.